The summed E-state index contributed by atoms with van der Waals surface area (Å²) in [6.45, 7) is 4.13. The van der Waals surface area contributed by atoms with Gasteiger partial charge in [-0.15, -0.1) is 10.2 Å². The number of piperidine rings is 1. The Morgan fingerprint density at radius 1 is 1.16 bits per heavy atom. The van der Waals surface area contributed by atoms with Crippen molar-refractivity contribution in [1.82, 2.24) is 25.1 Å². The first-order valence-corrected chi connectivity index (χ1v) is 12.7. The highest BCUT2D eigenvalue weighted by atomic mass is 19.1. The molecule has 2 aromatic heterocycles. The number of pyridine rings is 1. The number of aryl methyl sites for hydroxylation is 1. The molecule has 10 heteroatoms. The van der Waals surface area contributed by atoms with Crippen LogP contribution in [0.15, 0.2) is 41.5 Å². The number of rotatable bonds is 5. The Labute approximate surface area is 213 Å². The predicted octanol–water partition coefficient (Wildman–Crippen LogP) is 3.73. The molecule has 3 aromatic rings. The van der Waals surface area contributed by atoms with Gasteiger partial charge in [0, 0.05) is 47.6 Å². The van der Waals surface area contributed by atoms with Gasteiger partial charge in [0.2, 0.25) is 5.95 Å². The molecule has 8 nitrogen and oxygen atoms in total. The maximum atomic E-state index is 15.8. The number of hydrogen-bond acceptors (Lipinski definition) is 7. The van der Waals surface area contributed by atoms with E-state index in [2.05, 4.69) is 27.4 Å². The monoisotopic (exact) mass is 508 g/mol. The van der Waals surface area contributed by atoms with E-state index in [1.165, 1.54) is 25.4 Å². The number of benzene rings is 1. The lowest BCUT2D eigenvalue weighted by molar-refractivity contribution is 0.0828. The first kappa shape index (κ1) is 24.0. The predicted molar refractivity (Wildman–Crippen MR) is 136 cm³/mol. The molecule has 194 valence electrons. The van der Waals surface area contributed by atoms with Crippen LogP contribution in [0.1, 0.15) is 46.0 Å². The van der Waals surface area contributed by atoms with E-state index in [0.717, 1.165) is 36.4 Å². The van der Waals surface area contributed by atoms with E-state index in [0.29, 0.717) is 29.2 Å². The van der Waals surface area contributed by atoms with Crippen molar-refractivity contribution in [2.75, 3.05) is 4.90 Å². The summed E-state index contributed by atoms with van der Waals surface area (Å²) in [5.74, 6) is -0.314. The Balaban J connectivity index is 1.29. The average molecular weight is 509 g/mol. The Hall–Kier alpha value is -3.40. The summed E-state index contributed by atoms with van der Waals surface area (Å²) >= 11 is 0. The van der Waals surface area contributed by atoms with Crippen LogP contribution in [0, 0.1) is 5.82 Å². The maximum absolute atomic E-state index is 15.8. The van der Waals surface area contributed by atoms with Crippen LogP contribution in [0.3, 0.4) is 0 Å². The summed E-state index contributed by atoms with van der Waals surface area (Å²) in [7, 11) is 1.47. The summed E-state index contributed by atoms with van der Waals surface area (Å²) in [4.78, 5) is 18.5. The third kappa shape index (κ3) is 4.07. The molecule has 3 aliphatic rings. The lowest BCUT2D eigenvalue weighted by Gasteiger charge is -2.48. The van der Waals surface area contributed by atoms with Crippen LogP contribution < -0.4 is 15.8 Å². The van der Waals surface area contributed by atoms with Crippen LogP contribution >= 0.6 is 0 Å². The first-order valence-electron chi connectivity index (χ1n) is 12.7. The van der Waals surface area contributed by atoms with Gasteiger partial charge in [-0.3, -0.25) is 4.79 Å². The molecule has 0 unspecified atom stereocenters. The number of aromatic nitrogens is 4. The second-order valence-corrected chi connectivity index (χ2v) is 11.3. The molecule has 0 radical (unpaired) electrons. The number of nitrogens with one attached hydrogen (secondary N) is 1. The minimum Gasteiger partial charge on any atom is -0.507 e. The molecule has 2 saturated heterocycles. The van der Waals surface area contributed by atoms with Gasteiger partial charge in [0.15, 0.2) is 0 Å². The van der Waals surface area contributed by atoms with Gasteiger partial charge in [0.05, 0.1) is 12.2 Å². The largest absolute Gasteiger partial charge is 0.507 e. The highest BCUT2D eigenvalue weighted by Gasteiger charge is 2.58. The van der Waals surface area contributed by atoms with Gasteiger partial charge in [-0.05, 0) is 63.6 Å². The number of alkyl halides is 1. The second-order valence-electron chi connectivity index (χ2n) is 11.3. The van der Waals surface area contributed by atoms with Gasteiger partial charge >= 0.3 is 0 Å². The zero-order valence-corrected chi connectivity index (χ0v) is 21.1. The molecule has 6 rings (SSSR count). The summed E-state index contributed by atoms with van der Waals surface area (Å²) in [5, 5.41) is 22.9. The summed E-state index contributed by atoms with van der Waals surface area (Å²) in [6, 6.07) is 5.65. The number of anilines is 1. The summed E-state index contributed by atoms with van der Waals surface area (Å²) < 4.78 is 31.4. The molecule has 2 bridgehead atoms. The van der Waals surface area contributed by atoms with Gasteiger partial charge in [0.1, 0.15) is 23.4 Å². The number of phenolic OH excluding ortho intramolecular Hbond substituents is 1. The summed E-state index contributed by atoms with van der Waals surface area (Å²) in [6.07, 6.45) is 5.93. The van der Waals surface area contributed by atoms with Crippen LogP contribution in [-0.4, -0.2) is 54.2 Å². The maximum Gasteiger partial charge on any atom is 0.251 e. The van der Waals surface area contributed by atoms with E-state index >= 15 is 4.39 Å². The molecular weight excluding hydrogens is 478 g/mol. The number of aromatic hydroxyl groups is 1. The van der Waals surface area contributed by atoms with Crippen molar-refractivity contribution in [1.29, 1.82) is 0 Å². The van der Waals surface area contributed by atoms with Crippen molar-refractivity contribution in [3.63, 3.8) is 0 Å². The number of phenols is 1. The third-order valence-electron chi connectivity index (χ3n) is 8.23. The molecule has 37 heavy (non-hydrogen) atoms. The zero-order chi connectivity index (χ0) is 26.1. The lowest BCUT2D eigenvalue weighted by Crippen LogP contribution is -2.66. The number of hydrogen-bond donors (Lipinski definition) is 2. The normalized spacial score (nSPS) is 28.9. The Morgan fingerprint density at radius 3 is 2.62 bits per heavy atom. The minimum absolute atomic E-state index is 0.101. The third-order valence-corrected chi connectivity index (χ3v) is 8.23. The quantitative estimate of drug-likeness (QED) is 0.542. The van der Waals surface area contributed by atoms with Gasteiger partial charge in [-0.2, -0.15) is 0 Å². The van der Waals surface area contributed by atoms with Crippen LogP contribution in [-0.2, 0) is 7.05 Å². The molecule has 4 atom stereocenters. The van der Waals surface area contributed by atoms with Crippen LogP contribution in [0.25, 0.3) is 22.4 Å². The fraction of sp³-hybridized carbons (Fsp3) is 0.481. The van der Waals surface area contributed by atoms with Gasteiger partial charge in [0.25, 0.3) is 5.56 Å². The Morgan fingerprint density at radius 2 is 1.95 bits per heavy atom. The highest BCUT2D eigenvalue weighted by Crippen LogP contribution is 2.47. The minimum atomic E-state index is -1.06. The van der Waals surface area contributed by atoms with Crippen LogP contribution in [0.2, 0.25) is 0 Å². The van der Waals surface area contributed by atoms with Gasteiger partial charge in [-0.25, -0.2) is 13.8 Å². The van der Waals surface area contributed by atoms with Crippen molar-refractivity contribution in [2.24, 2.45) is 7.05 Å². The Kier molecular flexibility index (Phi) is 5.38. The lowest BCUT2D eigenvalue weighted by atomic mass is 9.82. The van der Waals surface area contributed by atoms with Gasteiger partial charge < -0.3 is 19.9 Å². The molecule has 4 heterocycles. The van der Waals surface area contributed by atoms with Crippen LogP contribution in [0.4, 0.5) is 14.7 Å². The number of fused-ring (bicyclic) bond motifs is 2. The molecule has 2 aliphatic heterocycles. The van der Waals surface area contributed by atoms with E-state index in [1.54, 1.807) is 12.1 Å². The SMILES string of the molecule is Cn1cc(F)c(-c2ccc(-c3cnc(N(C4CC4)[C@@H]4C[C@@]5(C)CC[C@](C)(N5)[C@@H]4F)nn3)c(O)c2)cc1=O. The van der Waals surface area contributed by atoms with E-state index in [4.69, 9.17) is 0 Å². The highest BCUT2D eigenvalue weighted by molar-refractivity contribution is 5.74. The van der Waals surface area contributed by atoms with E-state index < -0.39 is 17.5 Å². The van der Waals surface area contributed by atoms with Crippen molar-refractivity contribution < 1.29 is 13.9 Å². The van der Waals surface area contributed by atoms with Crippen molar-refractivity contribution in [2.45, 2.75) is 75.3 Å². The molecule has 1 aromatic carbocycles. The molecule has 0 spiro atoms. The molecule has 3 fully saturated rings. The van der Waals surface area contributed by atoms with E-state index in [1.807, 2.05) is 11.8 Å². The average Bonchev–Trinajstić information content (AvgIpc) is 3.65. The molecule has 1 aliphatic carbocycles. The molecular formula is C27H30F2N6O2. The van der Waals surface area contributed by atoms with E-state index in [9.17, 15) is 14.3 Å². The number of nitrogens with zero attached hydrogens (tertiary/aromatic N) is 5. The van der Waals surface area contributed by atoms with Gasteiger partial charge in [-0.1, -0.05) is 6.07 Å². The van der Waals surface area contributed by atoms with Crippen molar-refractivity contribution >= 4 is 5.95 Å². The molecule has 0 amide bonds. The standard InChI is InChI=1S/C27H30F2N6O2/c1-26-8-9-27(2,33-26)24(29)21(12-26)35(16-5-6-16)25-30-13-20(31-32-25)17-7-4-15(10-22(17)36)18-11-23(37)34(3)14-19(18)28/h4,7,10-11,13-14,16,21,24,33,36H,5-6,8-9,12H2,1-3H3/t21-,24-,26-,27+/m1/s1. The second kappa shape index (κ2) is 8.31. The molecule has 1 saturated carbocycles. The smallest absolute Gasteiger partial charge is 0.251 e. The zero-order valence-electron chi connectivity index (χ0n) is 21.1. The van der Waals surface area contributed by atoms with Crippen molar-refractivity contribution in [3.8, 4) is 28.1 Å². The van der Waals surface area contributed by atoms with Crippen LogP contribution in [0.5, 0.6) is 5.75 Å². The first-order chi connectivity index (χ1) is 17.6. The van der Waals surface area contributed by atoms with E-state index in [-0.39, 0.29) is 34.5 Å². The number of halogens is 2. The fourth-order valence-corrected chi connectivity index (χ4v) is 6.12. The molecule has 2 N–H and O–H groups in total. The van der Waals surface area contributed by atoms with Crippen molar-refractivity contribution in [3.05, 3.63) is 52.8 Å². The fourth-order valence-electron chi connectivity index (χ4n) is 6.12. The topological polar surface area (TPSA) is 96.2 Å². The summed E-state index contributed by atoms with van der Waals surface area (Å²) in [5.41, 5.74) is 0.155. The Bertz CT molecular complexity index is 1430.